The number of ether oxygens (including phenoxy) is 3. The minimum atomic E-state index is -4.09. The second-order valence-electron chi connectivity index (χ2n) is 6.98. The molecule has 1 aliphatic rings. The summed E-state index contributed by atoms with van der Waals surface area (Å²) in [6.07, 6.45) is 0. The highest BCUT2D eigenvalue weighted by Gasteiger charge is 2.36. The van der Waals surface area contributed by atoms with Crippen molar-refractivity contribution in [3.05, 3.63) is 64.3 Å². The SMILES string of the molecule is CCOC(=O)C1=C(CS(=O)(=O)c2cc(Cl)ccc2OC)NC(=O)NC1c1cccc(OC)c1. The maximum absolute atomic E-state index is 13.3. The Morgan fingerprint density at radius 2 is 1.88 bits per heavy atom. The Kier molecular flexibility index (Phi) is 7.50. The Morgan fingerprint density at radius 3 is 2.55 bits per heavy atom. The zero-order valence-corrected chi connectivity index (χ0v) is 19.7. The molecule has 0 aromatic heterocycles. The Hall–Kier alpha value is -3.24. The molecule has 33 heavy (non-hydrogen) atoms. The number of hydrogen-bond donors (Lipinski definition) is 2. The molecular formula is C22H23ClN2O7S. The third-order valence-corrected chi connectivity index (χ3v) is 6.76. The van der Waals surface area contributed by atoms with Crippen LogP contribution in [-0.2, 0) is 19.4 Å². The van der Waals surface area contributed by atoms with Crippen LogP contribution in [0, 0.1) is 0 Å². The highest BCUT2D eigenvalue weighted by atomic mass is 35.5. The summed E-state index contributed by atoms with van der Waals surface area (Å²) in [4.78, 5) is 25.2. The Labute approximate surface area is 196 Å². The van der Waals surface area contributed by atoms with Crippen molar-refractivity contribution in [3.8, 4) is 11.5 Å². The van der Waals surface area contributed by atoms with Crippen LogP contribution in [0.15, 0.2) is 58.6 Å². The van der Waals surface area contributed by atoms with Crippen LogP contribution in [0.2, 0.25) is 5.02 Å². The molecule has 2 amide bonds. The van der Waals surface area contributed by atoms with Crippen molar-refractivity contribution >= 4 is 33.4 Å². The number of carbonyl (C=O) groups is 2. The first-order valence-electron chi connectivity index (χ1n) is 9.88. The highest BCUT2D eigenvalue weighted by Crippen LogP contribution is 2.33. The first-order chi connectivity index (χ1) is 15.7. The third-order valence-electron chi connectivity index (χ3n) is 4.87. The number of hydrogen-bond acceptors (Lipinski definition) is 7. The van der Waals surface area contributed by atoms with E-state index in [1.807, 2.05) is 0 Å². The summed E-state index contributed by atoms with van der Waals surface area (Å²) in [7, 11) is -1.28. The van der Waals surface area contributed by atoms with Gasteiger partial charge in [-0.05, 0) is 42.8 Å². The van der Waals surface area contributed by atoms with E-state index >= 15 is 0 Å². The fourth-order valence-electron chi connectivity index (χ4n) is 3.41. The number of sulfone groups is 1. The largest absolute Gasteiger partial charge is 0.497 e. The third kappa shape index (κ3) is 5.40. The van der Waals surface area contributed by atoms with Crippen LogP contribution in [0.5, 0.6) is 11.5 Å². The summed E-state index contributed by atoms with van der Waals surface area (Å²) in [6.45, 7) is 1.68. The van der Waals surface area contributed by atoms with E-state index in [2.05, 4.69) is 10.6 Å². The van der Waals surface area contributed by atoms with E-state index in [9.17, 15) is 18.0 Å². The van der Waals surface area contributed by atoms with Gasteiger partial charge in [-0.3, -0.25) is 0 Å². The molecule has 1 heterocycles. The summed E-state index contributed by atoms with van der Waals surface area (Å²) in [5, 5.41) is 5.30. The number of rotatable bonds is 8. The molecule has 0 spiro atoms. The topological polar surface area (TPSA) is 120 Å². The molecule has 2 aromatic rings. The van der Waals surface area contributed by atoms with Crippen molar-refractivity contribution < 1.29 is 32.2 Å². The maximum atomic E-state index is 13.3. The van der Waals surface area contributed by atoms with Crippen LogP contribution in [0.4, 0.5) is 4.79 Å². The molecule has 1 unspecified atom stereocenters. The lowest BCUT2D eigenvalue weighted by atomic mass is 9.95. The zero-order chi connectivity index (χ0) is 24.2. The molecule has 0 saturated heterocycles. The summed E-state index contributed by atoms with van der Waals surface area (Å²) in [5.74, 6) is -0.865. The van der Waals surface area contributed by atoms with Gasteiger partial charge in [-0.25, -0.2) is 18.0 Å². The van der Waals surface area contributed by atoms with Gasteiger partial charge in [-0.1, -0.05) is 23.7 Å². The maximum Gasteiger partial charge on any atom is 0.338 e. The van der Waals surface area contributed by atoms with Crippen molar-refractivity contribution in [1.29, 1.82) is 0 Å². The Morgan fingerprint density at radius 1 is 1.12 bits per heavy atom. The van der Waals surface area contributed by atoms with E-state index in [0.717, 1.165) is 0 Å². The minimum absolute atomic E-state index is 0.0331. The van der Waals surface area contributed by atoms with Gasteiger partial charge in [0.2, 0.25) is 0 Å². The van der Waals surface area contributed by atoms with Crippen LogP contribution in [-0.4, -0.2) is 47.0 Å². The quantitative estimate of drug-likeness (QED) is 0.541. The number of urea groups is 1. The smallest absolute Gasteiger partial charge is 0.338 e. The van der Waals surface area contributed by atoms with Crippen molar-refractivity contribution in [2.24, 2.45) is 0 Å². The van der Waals surface area contributed by atoms with E-state index in [1.165, 1.54) is 32.4 Å². The van der Waals surface area contributed by atoms with Crippen molar-refractivity contribution in [2.45, 2.75) is 17.9 Å². The van der Waals surface area contributed by atoms with Crippen LogP contribution < -0.4 is 20.1 Å². The molecule has 0 saturated carbocycles. The molecule has 3 rings (SSSR count). The molecule has 0 aliphatic carbocycles. The molecule has 2 aromatic carbocycles. The molecular weight excluding hydrogens is 472 g/mol. The number of carbonyl (C=O) groups excluding carboxylic acids is 2. The normalized spacial score (nSPS) is 16.0. The highest BCUT2D eigenvalue weighted by molar-refractivity contribution is 7.91. The monoisotopic (exact) mass is 494 g/mol. The lowest BCUT2D eigenvalue weighted by Crippen LogP contribution is -2.47. The van der Waals surface area contributed by atoms with Gasteiger partial charge in [0.15, 0.2) is 9.84 Å². The van der Waals surface area contributed by atoms with Crippen molar-refractivity contribution in [3.63, 3.8) is 0 Å². The zero-order valence-electron chi connectivity index (χ0n) is 18.2. The van der Waals surface area contributed by atoms with Crippen LogP contribution >= 0.6 is 11.6 Å². The molecule has 1 aliphatic heterocycles. The molecule has 11 heteroatoms. The van der Waals surface area contributed by atoms with Gasteiger partial charge < -0.3 is 24.8 Å². The van der Waals surface area contributed by atoms with Gasteiger partial charge in [0, 0.05) is 10.7 Å². The van der Waals surface area contributed by atoms with Gasteiger partial charge in [-0.15, -0.1) is 0 Å². The second-order valence-corrected chi connectivity index (χ2v) is 9.37. The number of halogens is 1. The molecule has 0 radical (unpaired) electrons. The van der Waals surface area contributed by atoms with Crippen molar-refractivity contribution in [1.82, 2.24) is 10.6 Å². The molecule has 1 atom stereocenters. The minimum Gasteiger partial charge on any atom is -0.497 e. The van der Waals surface area contributed by atoms with E-state index < -0.39 is 33.6 Å². The van der Waals surface area contributed by atoms with E-state index in [1.54, 1.807) is 31.2 Å². The van der Waals surface area contributed by atoms with Crippen LogP contribution in [0.25, 0.3) is 0 Å². The predicted molar refractivity (Wildman–Crippen MR) is 121 cm³/mol. The number of esters is 1. The average molecular weight is 495 g/mol. The van der Waals surface area contributed by atoms with Crippen LogP contribution in [0.3, 0.4) is 0 Å². The number of methoxy groups -OCH3 is 2. The van der Waals surface area contributed by atoms with Gasteiger partial charge in [0.05, 0.1) is 38.2 Å². The summed E-state index contributed by atoms with van der Waals surface area (Å²) in [5.41, 5.74) is 0.379. The molecule has 2 N–H and O–H groups in total. The summed E-state index contributed by atoms with van der Waals surface area (Å²) >= 11 is 6.00. The summed E-state index contributed by atoms with van der Waals surface area (Å²) < 4.78 is 42.2. The van der Waals surface area contributed by atoms with E-state index in [0.29, 0.717) is 11.3 Å². The summed E-state index contributed by atoms with van der Waals surface area (Å²) in [6, 6.07) is 9.27. The van der Waals surface area contributed by atoms with Gasteiger partial charge >= 0.3 is 12.0 Å². The van der Waals surface area contributed by atoms with E-state index in [4.69, 9.17) is 25.8 Å². The fraction of sp³-hybridized carbons (Fsp3) is 0.273. The van der Waals surface area contributed by atoms with Gasteiger partial charge in [0.1, 0.15) is 16.4 Å². The first kappa shape index (κ1) is 24.4. The molecule has 9 nitrogen and oxygen atoms in total. The molecule has 0 bridgehead atoms. The molecule has 0 fully saturated rings. The number of amides is 2. The van der Waals surface area contributed by atoms with Gasteiger partial charge in [-0.2, -0.15) is 0 Å². The Balaban J connectivity index is 2.15. The lowest BCUT2D eigenvalue weighted by Gasteiger charge is -2.29. The molecule has 176 valence electrons. The van der Waals surface area contributed by atoms with Crippen LogP contribution in [0.1, 0.15) is 18.5 Å². The Bertz CT molecular complexity index is 1210. The standard InChI is InChI=1S/C22H23ClN2O7S/c1-4-32-21(26)19-16(12-33(28,29)18-11-14(23)8-9-17(18)31-3)24-22(27)25-20(19)13-6-5-7-15(10-13)30-2/h5-11,20H,4,12H2,1-3H3,(H2,24,25,27). The number of nitrogens with one attached hydrogen (secondary N) is 2. The fourth-order valence-corrected chi connectivity index (χ4v) is 5.18. The average Bonchev–Trinajstić information content (AvgIpc) is 2.78. The predicted octanol–water partition coefficient (Wildman–Crippen LogP) is 3.00. The second kappa shape index (κ2) is 10.1. The lowest BCUT2D eigenvalue weighted by molar-refractivity contribution is -0.139. The van der Waals surface area contributed by atoms with Crippen molar-refractivity contribution in [2.75, 3.05) is 26.6 Å². The number of benzene rings is 2. The van der Waals surface area contributed by atoms with Gasteiger partial charge in [0.25, 0.3) is 0 Å². The van der Waals surface area contributed by atoms with E-state index in [-0.39, 0.29) is 33.5 Å². The first-order valence-corrected chi connectivity index (χ1v) is 11.9.